The number of esters is 1. The minimum Gasteiger partial charge on any atom is -0.464 e. The summed E-state index contributed by atoms with van der Waals surface area (Å²) in [4.78, 5) is 61.8. The number of ether oxygens (including phenoxy) is 1. The second kappa shape index (κ2) is 13.0. The van der Waals surface area contributed by atoms with Crippen molar-refractivity contribution in [3.05, 3.63) is 35.9 Å². The molecule has 0 saturated heterocycles. The van der Waals surface area contributed by atoms with Gasteiger partial charge in [-0.05, 0) is 38.8 Å². The van der Waals surface area contributed by atoms with Crippen LogP contribution in [0.5, 0.6) is 0 Å². The quantitative estimate of drug-likeness (QED) is 0.412. The standard InChI is InChI=1S/C23H33N3O6S/c1-7-32-21(30)17(13-24-19(28)16-11-9-8-10-12-16)25-22(31)23(5,6)26-20(29)18(14(2)3)33-15(4)27/h8-12,14,17-18H,7,13H2,1-6H3,(H,24,28)(H,25,31)(H,26,29). The van der Waals surface area contributed by atoms with Crippen LogP contribution < -0.4 is 16.0 Å². The van der Waals surface area contributed by atoms with Crippen molar-refractivity contribution < 1.29 is 28.7 Å². The molecule has 0 bridgehead atoms. The molecule has 2 unspecified atom stereocenters. The minimum atomic E-state index is -1.39. The first-order chi connectivity index (χ1) is 15.4. The average molecular weight is 480 g/mol. The second-order valence-corrected chi connectivity index (χ2v) is 9.56. The highest BCUT2D eigenvalue weighted by Gasteiger charge is 2.36. The number of amides is 3. The molecule has 1 rings (SSSR count). The predicted octanol–water partition coefficient (Wildman–Crippen LogP) is 1.66. The van der Waals surface area contributed by atoms with Gasteiger partial charge in [0.2, 0.25) is 11.8 Å². The Morgan fingerprint density at radius 1 is 1.06 bits per heavy atom. The van der Waals surface area contributed by atoms with E-state index in [4.69, 9.17) is 4.74 Å². The lowest BCUT2D eigenvalue weighted by atomic mass is 10.0. The number of benzene rings is 1. The van der Waals surface area contributed by atoms with E-state index in [0.29, 0.717) is 5.56 Å². The highest BCUT2D eigenvalue weighted by molar-refractivity contribution is 8.14. The Kier molecular flexibility index (Phi) is 11.1. The zero-order valence-corrected chi connectivity index (χ0v) is 20.7. The van der Waals surface area contributed by atoms with E-state index in [0.717, 1.165) is 11.8 Å². The highest BCUT2D eigenvalue weighted by atomic mass is 32.2. The van der Waals surface area contributed by atoms with Crippen LogP contribution in [-0.4, -0.2) is 58.8 Å². The van der Waals surface area contributed by atoms with E-state index in [2.05, 4.69) is 16.0 Å². The zero-order chi connectivity index (χ0) is 25.2. The Labute approximate surface area is 198 Å². The molecule has 0 heterocycles. The van der Waals surface area contributed by atoms with Gasteiger partial charge >= 0.3 is 5.97 Å². The number of carbonyl (C=O) groups excluding carboxylic acids is 5. The van der Waals surface area contributed by atoms with Crippen LogP contribution in [0.4, 0.5) is 0 Å². The molecule has 10 heteroatoms. The van der Waals surface area contributed by atoms with Gasteiger partial charge < -0.3 is 20.7 Å². The third-order valence-electron chi connectivity index (χ3n) is 4.54. The maximum atomic E-state index is 12.9. The molecule has 9 nitrogen and oxygen atoms in total. The van der Waals surface area contributed by atoms with Crippen molar-refractivity contribution in [3.8, 4) is 0 Å². The molecule has 0 aliphatic heterocycles. The van der Waals surface area contributed by atoms with Gasteiger partial charge in [-0.25, -0.2) is 4.79 Å². The van der Waals surface area contributed by atoms with Crippen LogP contribution in [-0.2, 0) is 23.9 Å². The average Bonchev–Trinajstić information content (AvgIpc) is 2.74. The molecule has 33 heavy (non-hydrogen) atoms. The third-order valence-corrected chi connectivity index (χ3v) is 5.88. The van der Waals surface area contributed by atoms with Crippen molar-refractivity contribution in [3.63, 3.8) is 0 Å². The van der Waals surface area contributed by atoms with Crippen LogP contribution in [0, 0.1) is 5.92 Å². The fraction of sp³-hybridized carbons (Fsp3) is 0.522. The van der Waals surface area contributed by atoms with Gasteiger partial charge in [-0.3, -0.25) is 19.2 Å². The van der Waals surface area contributed by atoms with Crippen LogP contribution >= 0.6 is 11.8 Å². The smallest absolute Gasteiger partial charge is 0.330 e. The fourth-order valence-electron chi connectivity index (χ4n) is 2.77. The number of hydrogen-bond donors (Lipinski definition) is 3. The topological polar surface area (TPSA) is 131 Å². The molecule has 3 N–H and O–H groups in total. The third kappa shape index (κ3) is 9.25. The van der Waals surface area contributed by atoms with Gasteiger partial charge in [-0.15, -0.1) is 0 Å². The molecule has 3 amide bonds. The fourth-order valence-corrected chi connectivity index (χ4v) is 3.56. The molecule has 1 aromatic carbocycles. The number of rotatable bonds is 11. The summed E-state index contributed by atoms with van der Waals surface area (Å²) in [6.07, 6.45) is 0. The van der Waals surface area contributed by atoms with E-state index < -0.39 is 40.5 Å². The van der Waals surface area contributed by atoms with E-state index in [1.165, 1.54) is 20.8 Å². The van der Waals surface area contributed by atoms with E-state index in [1.807, 2.05) is 0 Å². The van der Waals surface area contributed by atoms with Gasteiger partial charge in [0.25, 0.3) is 5.91 Å². The van der Waals surface area contributed by atoms with Gasteiger partial charge in [0, 0.05) is 19.0 Å². The molecule has 0 fully saturated rings. The van der Waals surface area contributed by atoms with E-state index in [-0.39, 0.29) is 24.2 Å². The number of nitrogens with one attached hydrogen (secondary N) is 3. The van der Waals surface area contributed by atoms with Crippen molar-refractivity contribution in [2.75, 3.05) is 13.2 Å². The molecule has 0 aliphatic carbocycles. The van der Waals surface area contributed by atoms with Crippen molar-refractivity contribution >= 4 is 40.6 Å². The first-order valence-corrected chi connectivity index (χ1v) is 11.6. The van der Waals surface area contributed by atoms with Crippen molar-refractivity contribution in [1.29, 1.82) is 0 Å². The molecular weight excluding hydrogens is 446 g/mol. The van der Waals surface area contributed by atoms with Crippen molar-refractivity contribution in [2.24, 2.45) is 5.92 Å². The molecule has 2 atom stereocenters. The van der Waals surface area contributed by atoms with Gasteiger partial charge in [-0.1, -0.05) is 43.8 Å². The Morgan fingerprint density at radius 3 is 2.18 bits per heavy atom. The Balaban J connectivity index is 2.89. The Bertz CT molecular complexity index is 857. The molecule has 0 aromatic heterocycles. The lowest BCUT2D eigenvalue weighted by Crippen LogP contribution is -2.61. The number of carbonyl (C=O) groups is 5. The molecular formula is C23H33N3O6S. The summed E-state index contributed by atoms with van der Waals surface area (Å²) < 4.78 is 5.02. The summed E-state index contributed by atoms with van der Waals surface area (Å²) in [6.45, 7) is 9.48. The summed E-state index contributed by atoms with van der Waals surface area (Å²) in [5.74, 6) is -2.37. The van der Waals surface area contributed by atoms with Crippen LogP contribution in [0.3, 0.4) is 0 Å². The van der Waals surface area contributed by atoms with Gasteiger partial charge in [-0.2, -0.15) is 0 Å². The van der Waals surface area contributed by atoms with Crippen molar-refractivity contribution in [2.45, 2.75) is 58.4 Å². The largest absolute Gasteiger partial charge is 0.464 e. The lowest BCUT2D eigenvalue weighted by molar-refractivity contribution is -0.148. The summed E-state index contributed by atoms with van der Waals surface area (Å²) in [6, 6.07) is 7.27. The van der Waals surface area contributed by atoms with E-state index in [9.17, 15) is 24.0 Å². The molecule has 0 saturated carbocycles. The maximum absolute atomic E-state index is 12.9. The van der Waals surface area contributed by atoms with E-state index >= 15 is 0 Å². The SMILES string of the molecule is CCOC(=O)C(CNC(=O)c1ccccc1)NC(=O)C(C)(C)NC(=O)C(SC(C)=O)C(C)C. The molecule has 1 aromatic rings. The predicted molar refractivity (Wildman–Crippen MR) is 126 cm³/mol. The van der Waals surface area contributed by atoms with Gasteiger partial charge in [0.1, 0.15) is 11.6 Å². The van der Waals surface area contributed by atoms with E-state index in [1.54, 1.807) is 51.1 Å². The lowest BCUT2D eigenvalue weighted by Gasteiger charge is -2.30. The molecule has 182 valence electrons. The summed E-state index contributed by atoms with van der Waals surface area (Å²) in [5.41, 5.74) is -0.989. The normalized spacial score (nSPS) is 12.9. The minimum absolute atomic E-state index is 0.0936. The number of hydrogen-bond acceptors (Lipinski definition) is 7. The Morgan fingerprint density at radius 2 is 1.67 bits per heavy atom. The monoisotopic (exact) mass is 479 g/mol. The number of thioether (sulfide) groups is 1. The molecule has 0 spiro atoms. The summed E-state index contributed by atoms with van der Waals surface area (Å²) in [5, 5.41) is 6.93. The van der Waals surface area contributed by atoms with Gasteiger partial charge in [0.05, 0.1) is 11.9 Å². The summed E-state index contributed by atoms with van der Waals surface area (Å²) in [7, 11) is 0. The van der Waals surface area contributed by atoms with Crippen LogP contribution in [0.1, 0.15) is 51.9 Å². The first-order valence-electron chi connectivity index (χ1n) is 10.7. The van der Waals surface area contributed by atoms with Crippen LogP contribution in [0.2, 0.25) is 0 Å². The Hall–Kier alpha value is -2.88. The van der Waals surface area contributed by atoms with Crippen molar-refractivity contribution in [1.82, 2.24) is 16.0 Å². The van der Waals surface area contributed by atoms with Crippen LogP contribution in [0.25, 0.3) is 0 Å². The maximum Gasteiger partial charge on any atom is 0.330 e. The van der Waals surface area contributed by atoms with Gasteiger partial charge in [0.15, 0.2) is 5.12 Å². The zero-order valence-electron chi connectivity index (χ0n) is 19.9. The summed E-state index contributed by atoms with van der Waals surface area (Å²) >= 11 is 0.899. The second-order valence-electron chi connectivity index (χ2n) is 8.24. The van der Waals surface area contributed by atoms with Crippen LogP contribution in [0.15, 0.2) is 30.3 Å². The first kappa shape index (κ1) is 28.2. The molecule has 0 aliphatic rings. The molecule has 0 radical (unpaired) electrons. The highest BCUT2D eigenvalue weighted by Crippen LogP contribution is 2.21.